The van der Waals surface area contributed by atoms with Gasteiger partial charge in [-0.3, -0.25) is 14.9 Å². The molecule has 0 N–H and O–H groups in total. The molecule has 0 saturated carbocycles. The van der Waals surface area contributed by atoms with E-state index in [1.54, 1.807) is 0 Å². The van der Waals surface area contributed by atoms with Crippen LogP contribution in [0.2, 0.25) is 0 Å². The number of carbonyl (C=O) groups is 1. The Kier molecular flexibility index (Phi) is 5.48. The quantitative estimate of drug-likeness (QED) is 0.445. The molecular formula is C19H19NO6. The van der Waals surface area contributed by atoms with Crippen LogP contribution in [0, 0.1) is 10.1 Å². The molecule has 1 aliphatic rings. The zero-order valence-corrected chi connectivity index (χ0v) is 14.3. The Morgan fingerprint density at radius 1 is 1.31 bits per heavy atom. The summed E-state index contributed by atoms with van der Waals surface area (Å²) in [6.07, 6.45) is 0.597. The number of benzene rings is 2. The van der Waals surface area contributed by atoms with Crippen molar-refractivity contribution in [2.45, 2.75) is 32.5 Å². The third-order valence-electron chi connectivity index (χ3n) is 4.25. The molecule has 0 saturated heterocycles. The Bertz CT molecular complexity index is 805. The second-order valence-corrected chi connectivity index (χ2v) is 5.94. The number of hydrogen-bond acceptors (Lipinski definition) is 6. The Hall–Kier alpha value is -2.93. The van der Waals surface area contributed by atoms with Crippen LogP contribution in [0.15, 0.2) is 42.5 Å². The van der Waals surface area contributed by atoms with Gasteiger partial charge in [0.15, 0.2) is 6.79 Å². The molecule has 2 aromatic rings. The highest BCUT2D eigenvalue weighted by molar-refractivity contribution is 5.78. The Morgan fingerprint density at radius 3 is 2.77 bits per heavy atom. The average Bonchev–Trinajstić information content (AvgIpc) is 2.67. The van der Waals surface area contributed by atoms with E-state index in [1.165, 1.54) is 12.1 Å². The van der Waals surface area contributed by atoms with Crippen molar-refractivity contribution in [3.63, 3.8) is 0 Å². The van der Waals surface area contributed by atoms with Gasteiger partial charge in [0.1, 0.15) is 12.4 Å². The lowest BCUT2D eigenvalue weighted by molar-refractivity contribution is -0.385. The van der Waals surface area contributed by atoms with E-state index in [0.717, 1.165) is 5.56 Å². The second kappa shape index (κ2) is 7.97. The molecule has 136 valence electrons. The molecule has 26 heavy (non-hydrogen) atoms. The van der Waals surface area contributed by atoms with E-state index >= 15 is 0 Å². The van der Waals surface area contributed by atoms with E-state index in [0.29, 0.717) is 23.3 Å². The van der Waals surface area contributed by atoms with Crippen LogP contribution in [-0.2, 0) is 27.5 Å². The number of nitro benzene ring substituents is 1. The van der Waals surface area contributed by atoms with E-state index in [9.17, 15) is 14.9 Å². The standard InChI is InChI=1S/C19H19NO6/c1-2-17(13-6-4-3-5-7-13)19(21)25-11-15-9-16(20(22)23)8-14-10-24-12-26-18(14)15/h3-9,17H,2,10-12H2,1H3. The fraction of sp³-hybridized carbons (Fsp3) is 0.316. The largest absolute Gasteiger partial charge is 0.467 e. The summed E-state index contributed by atoms with van der Waals surface area (Å²) in [6, 6.07) is 12.2. The van der Waals surface area contributed by atoms with Crippen molar-refractivity contribution in [1.29, 1.82) is 0 Å². The van der Waals surface area contributed by atoms with Gasteiger partial charge in [-0.1, -0.05) is 37.3 Å². The van der Waals surface area contributed by atoms with Crippen LogP contribution >= 0.6 is 0 Å². The molecule has 3 rings (SSSR count). The molecule has 0 fully saturated rings. The number of non-ortho nitro benzene ring substituents is 1. The summed E-state index contributed by atoms with van der Waals surface area (Å²) in [4.78, 5) is 23.2. The number of fused-ring (bicyclic) bond motifs is 1. The maximum Gasteiger partial charge on any atom is 0.313 e. The lowest BCUT2D eigenvalue weighted by atomic mass is 9.97. The minimum Gasteiger partial charge on any atom is -0.467 e. The monoisotopic (exact) mass is 357 g/mol. The van der Waals surface area contributed by atoms with Crippen LogP contribution in [0.4, 0.5) is 5.69 Å². The predicted molar refractivity (Wildman–Crippen MR) is 92.7 cm³/mol. The van der Waals surface area contributed by atoms with Crippen LogP contribution in [-0.4, -0.2) is 17.7 Å². The molecule has 0 bridgehead atoms. The number of rotatable bonds is 6. The molecule has 1 atom stereocenters. The molecule has 0 radical (unpaired) electrons. The van der Waals surface area contributed by atoms with Crippen LogP contribution in [0.3, 0.4) is 0 Å². The number of nitrogens with zero attached hydrogens (tertiary/aromatic N) is 1. The van der Waals surface area contributed by atoms with Crippen LogP contribution in [0.1, 0.15) is 36.0 Å². The van der Waals surface area contributed by atoms with Crippen LogP contribution in [0.25, 0.3) is 0 Å². The summed E-state index contributed by atoms with van der Waals surface area (Å²) in [5, 5.41) is 11.1. The second-order valence-electron chi connectivity index (χ2n) is 5.94. The van der Waals surface area contributed by atoms with Gasteiger partial charge >= 0.3 is 5.97 Å². The number of hydrogen-bond donors (Lipinski definition) is 0. The minimum absolute atomic E-state index is 0.0629. The average molecular weight is 357 g/mol. The van der Waals surface area contributed by atoms with Gasteiger partial charge in [-0.15, -0.1) is 0 Å². The summed E-state index contributed by atoms with van der Waals surface area (Å²) in [5.41, 5.74) is 1.84. The lowest BCUT2D eigenvalue weighted by Crippen LogP contribution is -2.17. The third-order valence-corrected chi connectivity index (χ3v) is 4.25. The zero-order valence-electron chi connectivity index (χ0n) is 14.3. The van der Waals surface area contributed by atoms with Gasteiger partial charge in [-0.05, 0) is 12.0 Å². The first-order chi connectivity index (χ1) is 12.6. The number of esters is 1. The maximum atomic E-state index is 12.5. The van der Waals surface area contributed by atoms with E-state index < -0.39 is 4.92 Å². The highest BCUT2D eigenvalue weighted by Gasteiger charge is 2.24. The summed E-state index contributed by atoms with van der Waals surface area (Å²) in [5.74, 6) is -0.261. The van der Waals surface area contributed by atoms with Crippen molar-refractivity contribution >= 4 is 11.7 Å². The van der Waals surface area contributed by atoms with Crippen molar-refractivity contribution in [1.82, 2.24) is 0 Å². The fourth-order valence-electron chi connectivity index (χ4n) is 2.97. The van der Waals surface area contributed by atoms with Crippen LogP contribution < -0.4 is 4.74 Å². The van der Waals surface area contributed by atoms with Gasteiger partial charge in [0, 0.05) is 23.3 Å². The predicted octanol–water partition coefficient (Wildman–Crippen LogP) is 3.70. The Morgan fingerprint density at radius 2 is 2.08 bits per heavy atom. The van der Waals surface area contributed by atoms with E-state index in [2.05, 4.69) is 0 Å². The zero-order chi connectivity index (χ0) is 18.5. The topological polar surface area (TPSA) is 87.9 Å². The van der Waals surface area contributed by atoms with Crippen molar-refractivity contribution in [3.05, 3.63) is 69.3 Å². The summed E-state index contributed by atoms with van der Waals surface area (Å²) in [6.45, 7) is 2.10. The molecule has 2 aromatic carbocycles. The molecule has 1 aliphatic heterocycles. The maximum absolute atomic E-state index is 12.5. The van der Waals surface area contributed by atoms with Gasteiger partial charge in [-0.25, -0.2) is 0 Å². The van der Waals surface area contributed by atoms with Gasteiger partial charge in [-0.2, -0.15) is 0 Å². The van der Waals surface area contributed by atoms with Gasteiger partial charge < -0.3 is 14.2 Å². The van der Waals surface area contributed by atoms with Crippen molar-refractivity contribution < 1.29 is 23.9 Å². The highest BCUT2D eigenvalue weighted by Crippen LogP contribution is 2.33. The van der Waals surface area contributed by atoms with E-state index in [1.807, 2.05) is 37.3 Å². The van der Waals surface area contributed by atoms with Gasteiger partial charge in [0.25, 0.3) is 5.69 Å². The molecule has 1 unspecified atom stereocenters. The smallest absolute Gasteiger partial charge is 0.313 e. The first-order valence-electron chi connectivity index (χ1n) is 8.32. The van der Waals surface area contributed by atoms with E-state index in [-0.39, 0.29) is 37.6 Å². The Balaban J connectivity index is 1.79. The van der Waals surface area contributed by atoms with Gasteiger partial charge in [0.2, 0.25) is 0 Å². The molecule has 7 heteroatoms. The van der Waals surface area contributed by atoms with E-state index in [4.69, 9.17) is 14.2 Å². The molecule has 0 aromatic heterocycles. The summed E-state index contributed by atoms with van der Waals surface area (Å²) >= 11 is 0. The first-order valence-corrected chi connectivity index (χ1v) is 8.32. The SMILES string of the molecule is CCC(C(=O)OCc1cc([N+](=O)[O-])cc2c1OCOC2)c1ccccc1. The first kappa shape index (κ1) is 17.9. The fourth-order valence-corrected chi connectivity index (χ4v) is 2.97. The number of nitro groups is 1. The number of carbonyl (C=O) groups excluding carboxylic acids is 1. The summed E-state index contributed by atoms with van der Waals surface area (Å²) in [7, 11) is 0. The molecule has 0 aliphatic carbocycles. The molecule has 0 amide bonds. The normalized spacial score (nSPS) is 14.0. The van der Waals surface area contributed by atoms with Crippen molar-refractivity contribution in [3.8, 4) is 5.75 Å². The lowest BCUT2D eigenvalue weighted by Gasteiger charge is -2.21. The Labute approximate surface area is 150 Å². The van der Waals surface area contributed by atoms with Crippen LogP contribution in [0.5, 0.6) is 5.75 Å². The van der Waals surface area contributed by atoms with Gasteiger partial charge in [0.05, 0.1) is 17.4 Å². The minimum atomic E-state index is -0.487. The molecule has 0 spiro atoms. The highest BCUT2D eigenvalue weighted by atomic mass is 16.7. The summed E-state index contributed by atoms with van der Waals surface area (Å²) < 4.78 is 16.1. The van der Waals surface area contributed by atoms with Crippen molar-refractivity contribution in [2.75, 3.05) is 6.79 Å². The molecule has 1 heterocycles. The third kappa shape index (κ3) is 3.83. The van der Waals surface area contributed by atoms with Crippen molar-refractivity contribution in [2.24, 2.45) is 0 Å². The molecule has 7 nitrogen and oxygen atoms in total. The molecular weight excluding hydrogens is 338 g/mol. The number of ether oxygens (including phenoxy) is 3.